The van der Waals surface area contributed by atoms with Gasteiger partial charge < -0.3 is 19.6 Å². The van der Waals surface area contributed by atoms with Crippen LogP contribution in [0.4, 0.5) is 11.6 Å². The number of fused-ring (bicyclic) bond motifs is 1. The van der Waals surface area contributed by atoms with Crippen LogP contribution in [0.2, 0.25) is 0 Å². The molecular weight excluding hydrogens is 354 g/mol. The number of hydrogen-bond donors (Lipinski definition) is 0. The van der Waals surface area contributed by atoms with Gasteiger partial charge >= 0.3 is 11.8 Å². The summed E-state index contributed by atoms with van der Waals surface area (Å²) < 4.78 is 10.8. The Labute approximate surface area is 154 Å². The maximum Gasteiger partial charge on any atom is 0.366 e. The molecule has 0 N–H and O–H groups in total. The molecule has 9 heteroatoms. The van der Waals surface area contributed by atoms with Gasteiger partial charge in [-0.2, -0.15) is 0 Å². The summed E-state index contributed by atoms with van der Waals surface area (Å²) in [6.07, 6.45) is 0. The second kappa shape index (κ2) is 7.02. The average Bonchev–Trinajstić information content (AvgIpc) is 2.64. The molecule has 1 aliphatic heterocycles. The first-order valence-electron chi connectivity index (χ1n) is 8.14. The van der Waals surface area contributed by atoms with Gasteiger partial charge in [0.05, 0.1) is 0 Å². The number of nitro groups is 1. The predicted octanol–water partition coefficient (Wildman–Crippen LogP) is 2.24. The Morgan fingerprint density at radius 2 is 1.96 bits per heavy atom. The van der Waals surface area contributed by atoms with E-state index in [2.05, 4.69) is 4.98 Å². The molecule has 2 aromatic rings. The van der Waals surface area contributed by atoms with Crippen molar-refractivity contribution in [1.82, 2.24) is 4.98 Å². The number of pyridine rings is 1. The van der Waals surface area contributed by atoms with E-state index in [1.54, 1.807) is 26.0 Å². The lowest BCUT2D eigenvalue weighted by atomic mass is 10.1. The van der Waals surface area contributed by atoms with Gasteiger partial charge in [0.1, 0.15) is 13.2 Å². The first-order chi connectivity index (χ1) is 12.8. The van der Waals surface area contributed by atoms with Crippen LogP contribution in [0.25, 0.3) is 0 Å². The smallest absolute Gasteiger partial charge is 0.366 e. The Balaban J connectivity index is 1.82. The van der Waals surface area contributed by atoms with Crippen molar-refractivity contribution in [1.29, 1.82) is 0 Å². The molecule has 9 nitrogen and oxygen atoms in total. The number of carbonyl (C=O) groups is 2. The van der Waals surface area contributed by atoms with Crippen LogP contribution in [-0.2, 0) is 20.9 Å². The van der Waals surface area contributed by atoms with E-state index in [0.717, 1.165) is 10.5 Å². The fraction of sp³-hybridized carbons (Fsp3) is 0.278. The lowest BCUT2D eigenvalue weighted by Gasteiger charge is -2.35. The molecule has 0 radical (unpaired) electrons. The molecule has 1 aromatic carbocycles. The number of ether oxygens (including phenoxy) is 2. The Hall–Kier alpha value is -3.49. The molecule has 0 aliphatic carbocycles. The summed E-state index contributed by atoms with van der Waals surface area (Å²) in [6.45, 7) is 2.71. The van der Waals surface area contributed by atoms with Crippen LogP contribution in [0.3, 0.4) is 0 Å². The number of carbonyl (C=O) groups excluding carboxylic acids is 2. The summed E-state index contributed by atoms with van der Waals surface area (Å²) in [5, 5.41) is 11.0. The zero-order chi connectivity index (χ0) is 19.6. The Morgan fingerprint density at radius 3 is 2.63 bits per heavy atom. The van der Waals surface area contributed by atoms with Crippen LogP contribution in [0.15, 0.2) is 42.5 Å². The van der Waals surface area contributed by atoms with Gasteiger partial charge in [0.25, 0.3) is 11.7 Å². The van der Waals surface area contributed by atoms with Gasteiger partial charge in [0.2, 0.25) is 0 Å². The van der Waals surface area contributed by atoms with Crippen molar-refractivity contribution in [2.24, 2.45) is 0 Å². The largest absolute Gasteiger partial charge is 0.472 e. The number of esters is 1. The lowest BCUT2D eigenvalue weighted by Crippen LogP contribution is -2.54. The van der Waals surface area contributed by atoms with Gasteiger partial charge in [-0.05, 0) is 35.4 Å². The van der Waals surface area contributed by atoms with E-state index >= 15 is 0 Å². The maximum atomic E-state index is 12.7. The quantitative estimate of drug-likeness (QED) is 0.450. The number of nitrogens with zero attached hydrogens (tertiary/aromatic N) is 3. The standard InChI is InChI=1S/C18H17N3O6/c1-18(2)17(23)20(10-15(22)26-11-12-6-4-3-5-7-12)16-13(27-18)8-9-14(19-16)21(24)25/h3-9H,10-11H2,1-2H3. The van der Waals surface area contributed by atoms with Gasteiger partial charge in [0.15, 0.2) is 11.4 Å². The highest BCUT2D eigenvalue weighted by atomic mass is 16.6. The summed E-state index contributed by atoms with van der Waals surface area (Å²) in [5.74, 6) is -1.55. The fourth-order valence-electron chi connectivity index (χ4n) is 2.60. The van der Waals surface area contributed by atoms with Crippen LogP contribution < -0.4 is 9.64 Å². The number of amides is 1. The van der Waals surface area contributed by atoms with Crippen molar-refractivity contribution in [2.75, 3.05) is 11.4 Å². The Bertz CT molecular complexity index is 897. The molecule has 27 heavy (non-hydrogen) atoms. The van der Waals surface area contributed by atoms with E-state index in [1.165, 1.54) is 12.1 Å². The third-order valence-corrected chi connectivity index (χ3v) is 3.92. The molecule has 0 saturated heterocycles. The minimum Gasteiger partial charge on any atom is -0.472 e. The summed E-state index contributed by atoms with van der Waals surface area (Å²) in [7, 11) is 0. The minimum absolute atomic E-state index is 0.0524. The molecule has 0 fully saturated rings. The first-order valence-corrected chi connectivity index (χ1v) is 8.14. The number of rotatable bonds is 5. The van der Waals surface area contributed by atoms with Gasteiger partial charge in [-0.25, -0.2) is 0 Å². The second-order valence-electron chi connectivity index (χ2n) is 6.40. The maximum absolute atomic E-state index is 12.7. The van der Waals surface area contributed by atoms with Gasteiger partial charge in [-0.15, -0.1) is 0 Å². The van der Waals surface area contributed by atoms with E-state index in [4.69, 9.17) is 9.47 Å². The summed E-state index contributed by atoms with van der Waals surface area (Å²) in [4.78, 5) is 40.2. The SMILES string of the molecule is CC1(C)Oc2ccc([N+](=O)[O-])nc2N(CC(=O)OCc2ccccc2)C1=O. The van der Waals surface area contributed by atoms with Crippen LogP contribution in [0.5, 0.6) is 5.75 Å². The van der Waals surface area contributed by atoms with Crippen molar-refractivity contribution in [3.05, 3.63) is 58.1 Å². The number of hydrogen-bond acceptors (Lipinski definition) is 7. The molecule has 2 heterocycles. The molecule has 140 valence electrons. The van der Waals surface area contributed by atoms with E-state index in [1.807, 2.05) is 18.2 Å². The minimum atomic E-state index is -1.25. The molecule has 0 saturated carbocycles. The molecule has 1 aromatic heterocycles. The van der Waals surface area contributed by atoms with E-state index < -0.39 is 34.8 Å². The number of anilines is 1. The molecule has 1 aliphatic rings. The highest BCUT2D eigenvalue weighted by molar-refractivity contribution is 6.04. The van der Waals surface area contributed by atoms with Crippen molar-refractivity contribution in [3.63, 3.8) is 0 Å². The normalized spacial score (nSPS) is 14.9. The van der Waals surface area contributed by atoms with E-state index in [-0.39, 0.29) is 18.2 Å². The summed E-state index contributed by atoms with van der Waals surface area (Å²) in [5.41, 5.74) is -0.446. The Kier molecular flexibility index (Phi) is 4.76. The highest BCUT2D eigenvalue weighted by Gasteiger charge is 2.45. The second-order valence-corrected chi connectivity index (χ2v) is 6.40. The molecule has 1 amide bonds. The molecule has 0 spiro atoms. The fourth-order valence-corrected chi connectivity index (χ4v) is 2.60. The van der Waals surface area contributed by atoms with Gasteiger partial charge in [0, 0.05) is 6.07 Å². The van der Waals surface area contributed by atoms with Crippen LogP contribution in [0.1, 0.15) is 19.4 Å². The monoisotopic (exact) mass is 371 g/mol. The summed E-state index contributed by atoms with van der Waals surface area (Å²) >= 11 is 0. The molecule has 0 bridgehead atoms. The van der Waals surface area contributed by atoms with Crippen LogP contribution in [-0.4, -0.2) is 33.9 Å². The first kappa shape index (κ1) is 18.3. The topological polar surface area (TPSA) is 112 Å². The third-order valence-electron chi connectivity index (χ3n) is 3.92. The molecule has 3 rings (SSSR count). The average molecular weight is 371 g/mol. The van der Waals surface area contributed by atoms with Crippen molar-refractivity contribution >= 4 is 23.5 Å². The van der Waals surface area contributed by atoms with E-state index in [0.29, 0.717) is 0 Å². The molecule has 0 unspecified atom stereocenters. The number of aromatic nitrogens is 1. The zero-order valence-corrected chi connectivity index (χ0v) is 14.7. The van der Waals surface area contributed by atoms with Gasteiger partial charge in [-0.1, -0.05) is 30.3 Å². The van der Waals surface area contributed by atoms with E-state index in [9.17, 15) is 19.7 Å². The number of benzene rings is 1. The summed E-state index contributed by atoms with van der Waals surface area (Å²) in [6, 6.07) is 11.6. The van der Waals surface area contributed by atoms with Crippen LogP contribution in [0, 0.1) is 10.1 Å². The highest BCUT2D eigenvalue weighted by Crippen LogP contribution is 2.37. The Morgan fingerprint density at radius 1 is 1.26 bits per heavy atom. The predicted molar refractivity (Wildman–Crippen MR) is 94.2 cm³/mol. The van der Waals surface area contributed by atoms with Gasteiger partial charge in [-0.3, -0.25) is 14.5 Å². The van der Waals surface area contributed by atoms with Crippen molar-refractivity contribution in [2.45, 2.75) is 26.1 Å². The molecular formula is C18H17N3O6. The van der Waals surface area contributed by atoms with Crippen molar-refractivity contribution in [3.8, 4) is 5.75 Å². The molecule has 0 atom stereocenters. The van der Waals surface area contributed by atoms with Crippen molar-refractivity contribution < 1.29 is 24.0 Å². The van der Waals surface area contributed by atoms with Crippen LogP contribution >= 0.6 is 0 Å². The zero-order valence-electron chi connectivity index (χ0n) is 14.7. The third kappa shape index (κ3) is 3.86. The lowest BCUT2D eigenvalue weighted by molar-refractivity contribution is -0.389.